The topological polar surface area (TPSA) is 55.1 Å². The van der Waals surface area contributed by atoms with Crippen molar-refractivity contribution in [3.05, 3.63) is 41.8 Å². The summed E-state index contributed by atoms with van der Waals surface area (Å²) in [5.41, 5.74) is 1.23. The van der Waals surface area contributed by atoms with E-state index in [1.54, 1.807) is 6.20 Å². The van der Waals surface area contributed by atoms with Crippen LogP contribution >= 0.6 is 0 Å². The third kappa shape index (κ3) is 2.26. The lowest BCUT2D eigenvalue weighted by Crippen LogP contribution is -2.23. The van der Waals surface area contributed by atoms with Crippen LogP contribution in [-0.2, 0) is 6.54 Å². The maximum atomic E-state index is 5.08. The molecule has 0 radical (unpaired) electrons. The molecule has 1 fully saturated rings. The largest absolute Gasteiger partial charge is 0.340 e. The Bertz CT molecular complexity index is 511. The van der Waals surface area contributed by atoms with Crippen LogP contribution in [0.3, 0.4) is 0 Å². The van der Waals surface area contributed by atoms with Crippen LogP contribution in [-0.4, -0.2) is 26.6 Å². The van der Waals surface area contributed by atoms with Gasteiger partial charge >= 0.3 is 0 Å². The molecule has 3 heterocycles. The maximum Gasteiger partial charge on any atom is 0.223 e. The molecule has 18 heavy (non-hydrogen) atoms. The van der Waals surface area contributed by atoms with Gasteiger partial charge in [0.2, 0.25) is 5.89 Å². The molecule has 0 spiro atoms. The van der Waals surface area contributed by atoms with E-state index in [1.807, 2.05) is 19.2 Å². The molecule has 1 aliphatic rings. The Morgan fingerprint density at radius 3 is 3.17 bits per heavy atom. The van der Waals surface area contributed by atoms with Crippen molar-refractivity contribution >= 4 is 0 Å². The normalized spacial score (nSPS) is 20.4. The summed E-state index contributed by atoms with van der Waals surface area (Å²) in [4.78, 5) is 10.9. The van der Waals surface area contributed by atoms with Crippen molar-refractivity contribution in [3.63, 3.8) is 0 Å². The average molecular weight is 244 g/mol. The first-order valence-corrected chi connectivity index (χ1v) is 6.26. The molecular formula is C13H16N4O. The Morgan fingerprint density at radius 1 is 1.50 bits per heavy atom. The second kappa shape index (κ2) is 4.86. The quantitative estimate of drug-likeness (QED) is 0.827. The minimum atomic E-state index is 0.280. The molecule has 3 rings (SSSR count). The van der Waals surface area contributed by atoms with Crippen molar-refractivity contribution in [1.29, 1.82) is 0 Å². The van der Waals surface area contributed by atoms with Gasteiger partial charge in [0.1, 0.15) is 0 Å². The first kappa shape index (κ1) is 11.3. The fraction of sp³-hybridized carbons (Fsp3) is 0.462. The molecule has 5 nitrogen and oxygen atoms in total. The maximum absolute atomic E-state index is 5.08. The molecule has 1 unspecified atom stereocenters. The Labute approximate surface area is 106 Å². The van der Waals surface area contributed by atoms with Crippen molar-refractivity contribution < 1.29 is 4.52 Å². The molecule has 1 atom stereocenters. The standard InChI is InChI=1S/C13H16N4O/c1-10-15-13(16-18-10)12-5-3-7-17(12)9-11-4-2-6-14-8-11/h2,4,6,8,12H,3,5,7,9H2,1H3. The molecule has 0 saturated carbocycles. The third-order valence-corrected chi connectivity index (χ3v) is 3.31. The van der Waals surface area contributed by atoms with Gasteiger partial charge in [-0.1, -0.05) is 11.2 Å². The minimum absolute atomic E-state index is 0.280. The predicted octanol–water partition coefficient (Wildman–Crippen LogP) is 2.11. The number of rotatable bonds is 3. The van der Waals surface area contributed by atoms with E-state index in [1.165, 1.54) is 12.0 Å². The molecule has 0 aromatic carbocycles. The lowest BCUT2D eigenvalue weighted by molar-refractivity contribution is 0.234. The van der Waals surface area contributed by atoms with Gasteiger partial charge in [0.05, 0.1) is 6.04 Å². The van der Waals surface area contributed by atoms with Gasteiger partial charge in [-0.3, -0.25) is 9.88 Å². The predicted molar refractivity (Wildman–Crippen MR) is 65.7 cm³/mol. The highest BCUT2D eigenvalue weighted by Gasteiger charge is 2.29. The Kier molecular flexibility index (Phi) is 3.06. The molecule has 0 amide bonds. The number of hydrogen-bond donors (Lipinski definition) is 0. The van der Waals surface area contributed by atoms with Crippen molar-refractivity contribution in [2.45, 2.75) is 32.4 Å². The van der Waals surface area contributed by atoms with Crippen LogP contribution in [0.2, 0.25) is 0 Å². The van der Waals surface area contributed by atoms with Crippen molar-refractivity contribution in [2.75, 3.05) is 6.54 Å². The van der Waals surface area contributed by atoms with E-state index < -0.39 is 0 Å². The third-order valence-electron chi connectivity index (χ3n) is 3.31. The van der Waals surface area contributed by atoms with Gasteiger partial charge in [-0.25, -0.2) is 0 Å². The van der Waals surface area contributed by atoms with Gasteiger partial charge in [0.25, 0.3) is 0 Å². The van der Waals surface area contributed by atoms with Crippen molar-refractivity contribution in [1.82, 2.24) is 20.0 Å². The highest BCUT2D eigenvalue weighted by atomic mass is 16.5. The lowest BCUT2D eigenvalue weighted by atomic mass is 10.2. The van der Waals surface area contributed by atoms with E-state index in [0.29, 0.717) is 5.89 Å². The van der Waals surface area contributed by atoms with Gasteiger partial charge in [-0.05, 0) is 31.0 Å². The second-order valence-electron chi connectivity index (χ2n) is 4.66. The van der Waals surface area contributed by atoms with Crippen LogP contribution < -0.4 is 0 Å². The first-order chi connectivity index (χ1) is 8.83. The summed E-state index contributed by atoms with van der Waals surface area (Å²) in [5, 5.41) is 4.05. The van der Waals surface area contributed by atoms with Crippen LogP contribution in [0.5, 0.6) is 0 Å². The highest BCUT2D eigenvalue weighted by molar-refractivity contribution is 5.10. The van der Waals surface area contributed by atoms with E-state index in [0.717, 1.165) is 25.3 Å². The summed E-state index contributed by atoms with van der Waals surface area (Å²) in [6.45, 7) is 3.80. The zero-order valence-corrected chi connectivity index (χ0v) is 10.4. The zero-order valence-electron chi connectivity index (χ0n) is 10.4. The number of pyridine rings is 1. The number of aryl methyl sites for hydroxylation is 1. The van der Waals surface area contributed by atoms with Gasteiger partial charge in [-0.2, -0.15) is 4.98 Å². The van der Waals surface area contributed by atoms with Crippen molar-refractivity contribution in [2.24, 2.45) is 0 Å². The number of hydrogen-bond acceptors (Lipinski definition) is 5. The fourth-order valence-electron chi connectivity index (χ4n) is 2.48. The monoisotopic (exact) mass is 244 g/mol. The van der Waals surface area contributed by atoms with E-state index >= 15 is 0 Å². The summed E-state index contributed by atoms with van der Waals surface area (Å²) in [6, 6.07) is 4.35. The summed E-state index contributed by atoms with van der Waals surface area (Å²) in [7, 11) is 0. The van der Waals surface area contributed by atoms with Gasteiger partial charge in [0, 0.05) is 25.9 Å². The molecule has 1 saturated heterocycles. The van der Waals surface area contributed by atoms with Gasteiger partial charge < -0.3 is 4.52 Å². The second-order valence-corrected chi connectivity index (χ2v) is 4.66. The van der Waals surface area contributed by atoms with Crippen molar-refractivity contribution in [3.8, 4) is 0 Å². The lowest BCUT2D eigenvalue weighted by Gasteiger charge is -2.21. The summed E-state index contributed by atoms with van der Waals surface area (Å²) in [5.74, 6) is 1.45. The molecule has 0 aliphatic carbocycles. The highest BCUT2D eigenvalue weighted by Crippen LogP contribution is 2.31. The summed E-state index contributed by atoms with van der Waals surface area (Å²) < 4.78 is 5.08. The first-order valence-electron chi connectivity index (χ1n) is 6.26. The zero-order chi connectivity index (χ0) is 12.4. The van der Waals surface area contributed by atoms with E-state index in [2.05, 4.69) is 26.1 Å². The number of nitrogens with zero attached hydrogens (tertiary/aromatic N) is 4. The SMILES string of the molecule is Cc1nc(C2CCCN2Cc2cccnc2)no1. The van der Waals surface area contributed by atoms with E-state index in [9.17, 15) is 0 Å². The Hall–Kier alpha value is -1.75. The van der Waals surface area contributed by atoms with Crippen LogP contribution in [0.15, 0.2) is 29.0 Å². The average Bonchev–Trinajstić information content (AvgIpc) is 2.99. The van der Waals surface area contributed by atoms with Crippen LogP contribution in [0.4, 0.5) is 0 Å². The summed E-state index contributed by atoms with van der Waals surface area (Å²) in [6.07, 6.45) is 5.99. The van der Waals surface area contributed by atoms with Crippen LogP contribution in [0, 0.1) is 6.92 Å². The molecule has 0 N–H and O–H groups in total. The Balaban J connectivity index is 1.75. The molecule has 0 bridgehead atoms. The number of likely N-dealkylation sites (tertiary alicyclic amines) is 1. The molecule has 2 aromatic heterocycles. The molecule has 5 heteroatoms. The van der Waals surface area contributed by atoms with Crippen LogP contribution in [0.25, 0.3) is 0 Å². The molecule has 94 valence electrons. The number of aromatic nitrogens is 3. The Morgan fingerprint density at radius 2 is 2.44 bits per heavy atom. The fourth-order valence-corrected chi connectivity index (χ4v) is 2.48. The molecule has 1 aliphatic heterocycles. The van der Waals surface area contributed by atoms with E-state index in [-0.39, 0.29) is 6.04 Å². The molecular weight excluding hydrogens is 228 g/mol. The smallest absolute Gasteiger partial charge is 0.223 e. The summed E-state index contributed by atoms with van der Waals surface area (Å²) >= 11 is 0. The van der Waals surface area contributed by atoms with Crippen LogP contribution in [0.1, 0.15) is 36.2 Å². The molecule has 2 aromatic rings. The minimum Gasteiger partial charge on any atom is -0.340 e. The van der Waals surface area contributed by atoms with Gasteiger partial charge in [0.15, 0.2) is 5.82 Å². The van der Waals surface area contributed by atoms with Gasteiger partial charge in [-0.15, -0.1) is 0 Å². The van der Waals surface area contributed by atoms with E-state index in [4.69, 9.17) is 4.52 Å².